The molecule has 1 heterocycles. The molecule has 0 bridgehead atoms. The van der Waals surface area contributed by atoms with Crippen LogP contribution in [0.25, 0.3) is 0 Å². The number of hydrogen-bond acceptors (Lipinski definition) is 5. The molecule has 0 spiro atoms. The summed E-state index contributed by atoms with van der Waals surface area (Å²) in [4.78, 5) is 4.40. The van der Waals surface area contributed by atoms with E-state index in [-0.39, 0.29) is 17.3 Å². The number of methoxy groups -OCH3 is 1. The Balaban J connectivity index is 2.18. The van der Waals surface area contributed by atoms with Crippen molar-refractivity contribution >= 4 is 5.69 Å². The number of nitrogens with one attached hydrogen (secondary N) is 1. The number of rotatable bonds is 4. The third-order valence-electron chi connectivity index (χ3n) is 3.02. The monoisotopic (exact) mass is 293 g/mol. The molecule has 1 N–H and O–H groups in total. The van der Waals surface area contributed by atoms with Crippen molar-refractivity contribution < 1.29 is 13.7 Å². The van der Waals surface area contributed by atoms with Crippen LogP contribution in [0.4, 0.5) is 10.1 Å². The molecule has 2 rings (SSSR count). The lowest BCUT2D eigenvalue weighted by atomic mass is 9.96. The summed E-state index contributed by atoms with van der Waals surface area (Å²) in [6, 6.07) is 4.09. The summed E-state index contributed by atoms with van der Waals surface area (Å²) in [5.41, 5.74) is 0.497. The highest BCUT2D eigenvalue weighted by molar-refractivity contribution is 5.57. The molecule has 0 saturated heterocycles. The first kappa shape index (κ1) is 15.3. The minimum absolute atomic E-state index is 0.172. The molecule has 1 aromatic carbocycles. The van der Waals surface area contributed by atoms with Gasteiger partial charge in [-0.3, -0.25) is 0 Å². The maximum atomic E-state index is 13.2. The topological polar surface area (TPSA) is 60.2 Å². The molecule has 0 fully saturated rings. The SMILES string of the molecule is COc1cc(F)ccc1NC(C)c1nc(C(C)(C)C)no1. The van der Waals surface area contributed by atoms with Crippen molar-refractivity contribution in [1.29, 1.82) is 0 Å². The Morgan fingerprint density at radius 3 is 2.62 bits per heavy atom. The molecule has 0 aliphatic rings. The fourth-order valence-electron chi connectivity index (χ4n) is 1.80. The molecule has 0 aliphatic carbocycles. The first-order valence-electron chi connectivity index (χ1n) is 6.75. The zero-order valence-electron chi connectivity index (χ0n) is 12.9. The Hall–Kier alpha value is -2.11. The van der Waals surface area contributed by atoms with Gasteiger partial charge >= 0.3 is 0 Å². The van der Waals surface area contributed by atoms with Crippen LogP contribution < -0.4 is 10.1 Å². The molecular weight excluding hydrogens is 273 g/mol. The van der Waals surface area contributed by atoms with Crippen LogP contribution in [0.15, 0.2) is 22.7 Å². The normalized spacial score (nSPS) is 13.0. The van der Waals surface area contributed by atoms with Crippen LogP contribution in [0.1, 0.15) is 45.5 Å². The van der Waals surface area contributed by atoms with E-state index < -0.39 is 0 Å². The highest BCUT2D eigenvalue weighted by atomic mass is 19.1. The Bertz CT molecular complexity index is 620. The molecule has 1 unspecified atom stereocenters. The van der Waals surface area contributed by atoms with Crippen molar-refractivity contribution in [3.8, 4) is 5.75 Å². The molecule has 21 heavy (non-hydrogen) atoms. The predicted molar refractivity (Wildman–Crippen MR) is 78.0 cm³/mol. The van der Waals surface area contributed by atoms with Crippen molar-refractivity contribution in [1.82, 2.24) is 10.1 Å². The standard InChI is InChI=1S/C15H20FN3O2/c1-9(13-18-14(19-21-13)15(2,3)4)17-11-7-6-10(16)8-12(11)20-5/h6-9,17H,1-5H3. The number of nitrogens with zero attached hydrogens (tertiary/aromatic N) is 2. The molecule has 0 radical (unpaired) electrons. The molecule has 114 valence electrons. The molecule has 1 aromatic heterocycles. The number of aromatic nitrogens is 2. The molecule has 0 aliphatic heterocycles. The molecular formula is C15H20FN3O2. The van der Waals surface area contributed by atoms with Crippen molar-refractivity contribution in [3.63, 3.8) is 0 Å². The number of halogens is 1. The van der Waals surface area contributed by atoms with Crippen molar-refractivity contribution in [2.45, 2.75) is 39.2 Å². The van der Waals surface area contributed by atoms with Gasteiger partial charge in [-0.15, -0.1) is 0 Å². The maximum absolute atomic E-state index is 13.2. The summed E-state index contributed by atoms with van der Waals surface area (Å²) in [5, 5.41) is 7.17. The van der Waals surface area contributed by atoms with E-state index >= 15 is 0 Å². The van der Waals surface area contributed by atoms with Gasteiger partial charge in [0.1, 0.15) is 17.6 Å². The van der Waals surface area contributed by atoms with Gasteiger partial charge in [-0.05, 0) is 19.1 Å². The summed E-state index contributed by atoms with van der Waals surface area (Å²) >= 11 is 0. The summed E-state index contributed by atoms with van der Waals surface area (Å²) in [6.07, 6.45) is 0. The maximum Gasteiger partial charge on any atom is 0.248 e. The summed E-state index contributed by atoms with van der Waals surface area (Å²) in [7, 11) is 1.50. The smallest absolute Gasteiger partial charge is 0.248 e. The van der Waals surface area contributed by atoms with Gasteiger partial charge in [-0.2, -0.15) is 4.98 Å². The van der Waals surface area contributed by atoms with Gasteiger partial charge in [0.15, 0.2) is 5.82 Å². The van der Waals surface area contributed by atoms with Crippen molar-refractivity contribution in [2.24, 2.45) is 0 Å². The van der Waals surface area contributed by atoms with Crippen LogP contribution in [-0.2, 0) is 5.41 Å². The van der Waals surface area contributed by atoms with E-state index in [4.69, 9.17) is 9.26 Å². The van der Waals surface area contributed by atoms with E-state index in [0.29, 0.717) is 23.2 Å². The molecule has 0 amide bonds. The average Bonchev–Trinajstić information content (AvgIpc) is 2.90. The van der Waals surface area contributed by atoms with Gasteiger partial charge in [0.25, 0.3) is 0 Å². The highest BCUT2D eigenvalue weighted by Crippen LogP contribution is 2.29. The second-order valence-electron chi connectivity index (χ2n) is 5.92. The molecule has 6 heteroatoms. The molecule has 5 nitrogen and oxygen atoms in total. The Kier molecular flexibility index (Phi) is 4.16. The quantitative estimate of drug-likeness (QED) is 0.931. The van der Waals surface area contributed by atoms with E-state index in [1.165, 1.54) is 19.2 Å². The summed E-state index contributed by atoms with van der Waals surface area (Å²) in [5.74, 6) is 1.21. The Labute approximate surface area is 123 Å². The van der Waals surface area contributed by atoms with Gasteiger partial charge < -0.3 is 14.6 Å². The second kappa shape index (κ2) is 5.71. The van der Waals surface area contributed by atoms with Crippen LogP contribution in [0.2, 0.25) is 0 Å². The Morgan fingerprint density at radius 1 is 1.33 bits per heavy atom. The van der Waals surface area contributed by atoms with Crippen LogP contribution in [0, 0.1) is 5.82 Å². The van der Waals surface area contributed by atoms with E-state index in [9.17, 15) is 4.39 Å². The van der Waals surface area contributed by atoms with Crippen LogP contribution in [0.5, 0.6) is 5.75 Å². The molecule has 0 saturated carbocycles. The second-order valence-corrected chi connectivity index (χ2v) is 5.92. The zero-order chi connectivity index (χ0) is 15.6. The zero-order valence-corrected chi connectivity index (χ0v) is 12.9. The van der Waals surface area contributed by atoms with Crippen LogP contribution >= 0.6 is 0 Å². The van der Waals surface area contributed by atoms with E-state index in [1.54, 1.807) is 6.07 Å². The Morgan fingerprint density at radius 2 is 2.05 bits per heavy atom. The van der Waals surface area contributed by atoms with E-state index in [0.717, 1.165) is 0 Å². The van der Waals surface area contributed by atoms with Gasteiger partial charge in [-0.1, -0.05) is 25.9 Å². The lowest BCUT2D eigenvalue weighted by molar-refractivity contribution is 0.353. The van der Waals surface area contributed by atoms with E-state index in [2.05, 4.69) is 15.5 Å². The van der Waals surface area contributed by atoms with Gasteiger partial charge in [0.2, 0.25) is 5.89 Å². The minimum Gasteiger partial charge on any atom is -0.494 e. The number of benzene rings is 1. The molecule has 2 aromatic rings. The van der Waals surface area contributed by atoms with Gasteiger partial charge in [0.05, 0.1) is 12.8 Å². The van der Waals surface area contributed by atoms with Crippen molar-refractivity contribution in [2.75, 3.05) is 12.4 Å². The number of anilines is 1. The van der Waals surface area contributed by atoms with Gasteiger partial charge in [0, 0.05) is 11.5 Å². The highest BCUT2D eigenvalue weighted by Gasteiger charge is 2.23. The summed E-state index contributed by atoms with van der Waals surface area (Å²) in [6.45, 7) is 7.94. The van der Waals surface area contributed by atoms with Crippen LogP contribution in [0.3, 0.4) is 0 Å². The fourth-order valence-corrected chi connectivity index (χ4v) is 1.80. The first-order chi connectivity index (χ1) is 9.81. The average molecular weight is 293 g/mol. The van der Waals surface area contributed by atoms with Crippen molar-refractivity contribution in [3.05, 3.63) is 35.7 Å². The largest absolute Gasteiger partial charge is 0.494 e. The number of hydrogen-bond donors (Lipinski definition) is 1. The van der Waals surface area contributed by atoms with Gasteiger partial charge in [-0.25, -0.2) is 4.39 Å². The summed E-state index contributed by atoms with van der Waals surface area (Å²) < 4.78 is 23.6. The third kappa shape index (κ3) is 3.51. The minimum atomic E-state index is -0.349. The first-order valence-corrected chi connectivity index (χ1v) is 6.75. The third-order valence-corrected chi connectivity index (χ3v) is 3.02. The number of ether oxygens (including phenoxy) is 1. The van der Waals surface area contributed by atoms with E-state index in [1.807, 2.05) is 27.7 Å². The lowest BCUT2D eigenvalue weighted by Crippen LogP contribution is -2.14. The van der Waals surface area contributed by atoms with Crippen LogP contribution in [-0.4, -0.2) is 17.3 Å². The fraction of sp³-hybridized carbons (Fsp3) is 0.467. The molecule has 1 atom stereocenters. The lowest BCUT2D eigenvalue weighted by Gasteiger charge is -2.15. The predicted octanol–water partition coefficient (Wildman–Crippen LogP) is 3.69.